The van der Waals surface area contributed by atoms with Crippen molar-refractivity contribution in [1.29, 1.82) is 0 Å². The van der Waals surface area contributed by atoms with Gasteiger partial charge in [-0.25, -0.2) is 4.79 Å². The second-order valence-corrected chi connectivity index (χ2v) is 10.6. The molecule has 2 saturated carbocycles. The minimum Gasteiger partial charge on any atom is -0.425 e. The molecule has 1 saturated heterocycles. The second-order valence-electron chi connectivity index (χ2n) is 10.2. The summed E-state index contributed by atoms with van der Waals surface area (Å²) >= 11 is 6.27. The molecule has 2 aromatic carbocycles. The molecule has 2 amide bonds. The van der Waals surface area contributed by atoms with Gasteiger partial charge in [0.15, 0.2) is 0 Å². The predicted octanol–water partition coefficient (Wildman–Crippen LogP) is 4.53. The predicted molar refractivity (Wildman–Crippen MR) is 127 cm³/mol. The molecule has 1 aliphatic heterocycles. The molecule has 0 N–H and O–H groups in total. The lowest BCUT2D eigenvalue weighted by Crippen LogP contribution is -2.48. The van der Waals surface area contributed by atoms with Crippen LogP contribution < -0.4 is 4.74 Å². The number of imide groups is 1. The Labute approximate surface area is 203 Å². The van der Waals surface area contributed by atoms with Gasteiger partial charge in [0.2, 0.25) is 11.8 Å². The zero-order chi connectivity index (χ0) is 23.7. The quantitative estimate of drug-likeness (QED) is 0.276. The summed E-state index contributed by atoms with van der Waals surface area (Å²) in [4.78, 5) is 42.2. The van der Waals surface area contributed by atoms with Crippen LogP contribution in [0.2, 0.25) is 5.02 Å². The van der Waals surface area contributed by atoms with Gasteiger partial charge in [-0.2, -0.15) is 0 Å². The number of hydrogen-bond donors (Lipinski definition) is 0. The van der Waals surface area contributed by atoms with Crippen LogP contribution in [0.3, 0.4) is 0 Å². The van der Waals surface area contributed by atoms with Crippen LogP contribution in [-0.2, 0) is 20.8 Å². The van der Waals surface area contributed by atoms with Crippen molar-refractivity contribution in [3.63, 3.8) is 0 Å². The minimum atomic E-state index is -1.01. The SMILES string of the molecule is Cc1cc(OC(=O)C(Cc2ccccc2)N2C(=O)C3C4C=CC(C5CC45)C3C2=O)cc(C)c1Cl. The van der Waals surface area contributed by atoms with Crippen LogP contribution in [-0.4, -0.2) is 28.7 Å². The molecule has 2 aromatic rings. The minimum absolute atomic E-state index is 0.108. The van der Waals surface area contributed by atoms with E-state index >= 15 is 0 Å². The number of aryl methyl sites for hydroxylation is 2. The van der Waals surface area contributed by atoms with Crippen molar-refractivity contribution < 1.29 is 19.1 Å². The van der Waals surface area contributed by atoms with E-state index in [9.17, 15) is 14.4 Å². The molecule has 34 heavy (non-hydrogen) atoms. The third kappa shape index (κ3) is 3.24. The summed E-state index contributed by atoms with van der Waals surface area (Å²) in [5, 5.41) is 0.621. The molecule has 7 unspecified atom stereocenters. The fraction of sp³-hybridized carbons (Fsp3) is 0.393. The van der Waals surface area contributed by atoms with Gasteiger partial charge in [0.05, 0.1) is 11.8 Å². The molecule has 1 heterocycles. The Morgan fingerprint density at radius 2 is 1.56 bits per heavy atom. The molecule has 2 bridgehead atoms. The van der Waals surface area contributed by atoms with Gasteiger partial charge in [-0.1, -0.05) is 54.1 Å². The van der Waals surface area contributed by atoms with E-state index in [1.807, 2.05) is 44.2 Å². The normalized spacial score (nSPS) is 31.3. The molecule has 5 aliphatic rings. The fourth-order valence-electron chi connectivity index (χ4n) is 6.55. The van der Waals surface area contributed by atoms with E-state index in [0.29, 0.717) is 22.6 Å². The number of allylic oxidation sites excluding steroid dienone is 2. The number of rotatable bonds is 5. The largest absolute Gasteiger partial charge is 0.425 e. The van der Waals surface area contributed by atoms with E-state index in [-0.39, 0.29) is 41.9 Å². The average molecular weight is 476 g/mol. The molecule has 7 rings (SSSR count). The van der Waals surface area contributed by atoms with Gasteiger partial charge >= 0.3 is 5.97 Å². The summed E-state index contributed by atoms with van der Waals surface area (Å²) < 4.78 is 5.77. The maximum Gasteiger partial charge on any atom is 0.335 e. The highest BCUT2D eigenvalue weighted by Crippen LogP contribution is 2.65. The van der Waals surface area contributed by atoms with Gasteiger partial charge in [-0.05, 0) is 72.8 Å². The average Bonchev–Trinajstić information content (AvgIpc) is 3.60. The lowest BCUT2D eigenvalue weighted by molar-refractivity contribution is -0.153. The van der Waals surface area contributed by atoms with Crippen LogP contribution in [0.25, 0.3) is 0 Å². The van der Waals surface area contributed by atoms with Crippen molar-refractivity contribution in [2.24, 2.45) is 35.5 Å². The maximum absolute atomic E-state index is 13.7. The summed E-state index contributed by atoms with van der Waals surface area (Å²) in [7, 11) is 0. The second kappa shape index (κ2) is 7.81. The van der Waals surface area contributed by atoms with E-state index in [2.05, 4.69) is 12.2 Å². The fourth-order valence-corrected chi connectivity index (χ4v) is 6.66. The smallest absolute Gasteiger partial charge is 0.335 e. The monoisotopic (exact) mass is 475 g/mol. The third-order valence-electron chi connectivity index (χ3n) is 8.18. The first-order chi connectivity index (χ1) is 16.3. The molecule has 4 aliphatic carbocycles. The van der Waals surface area contributed by atoms with Gasteiger partial charge in [-0.3, -0.25) is 14.5 Å². The first kappa shape index (κ1) is 21.6. The van der Waals surface area contributed by atoms with E-state index in [1.165, 1.54) is 4.90 Å². The Morgan fingerprint density at radius 1 is 1.00 bits per heavy atom. The molecule has 0 aromatic heterocycles. The van der Waals surface area contributed by atoms with Crippen LogP contribution in [0.5, 0.6) is 5.75 Å². The number of likely N-dealkylation sites (tertiary alicyclic amines) is 1. The molecule has 174 valence electrons. The van der Waals surface area contributed by atoms with Gasteiger partial charge in [0.25, 0.3) is 0 Å². The molecule has 0 radical (unpaired) electrons. The van der Waals surface area contributed by atoms with Crippen LogP contribution >= 0.6 is 11.6 Å². The third-order valence-corrected chi connectivity index (χ3v) is 8.78. The molecule has 0 spiro atoms. The number of hydrogen-bond acceptors (Lipinski definition) is 4. The van der Waals surface area contributed by atoms with Crippen molar-refractivity contribution in [3.05, 3.63) is 76.3 Å². The Bertz CT molecular complexity index is 1180. The molecule has 7 atom stereocenters. The zero-order valence-corrected chi connectivity index (χ0v) is 19.9. The molecular formula is C28H26ClNO4. The van der Waals surface area contributed by atoms with Crippen LogP contribution in [0.15, 0.2) is 54.6 Å². The zero-order valence-electron chi connectivity index (χ0n) is 19.1. The molecule has 3 fully saturated rings. The number of nitrogens with zero attached hydrogens (tertiary/aromatic N) is 1. The highest BCUT2D eigenvalue weighted by Gasteiger charge is 2.68. The summed E-state index contributed by atoms with van der Waals surface area (Å²) in [6, 6.07) is 11.9. The Balaban J connectivity index is 1.34. The van der Waals surface area contributed by atoms with Gasteiger partial charge in [-0.15, -0.1) is 0 Å². The van der Waals surface area contributed by atoms with Gasteiger partial charge in [0, 0.05) is 11.4 Å². The summed E-state index contributed by atoms with van der Waals surface area (Å²) in [5.74, 6) is -0.151. The van der Waals surface area contributed by atoms with Crippen molar-refractivity contribution in [1.82, 2.24) is 4.90 Å². The first-order valence-corrected chi connectivity index (χ1v) is 12.3. The summed E-state index contributed by atoms with van der Waals surface area (Å²) in [6.45, 7) is 3.70. The van der Waals surface area contributed by atoms with Crippen LogP contribution in [0.4, 0.5) is 0 Å². The van der Waals surface area contributed by atoms with Crippen LogP contribution in [0.1, 0.15) is 23.1 Å². The number of ether oxygens (including phenoxy) is 1. The van der Waals surface area contributed by atoms with Crippen molar-refractivity contribution >= 4 is 29.4 Å². The lowest BCUT2D eigenvalue weighted by atomic mass is 9.63. The Hall–Kier alpha value is -2.92. The van der Waals surface area contributed by atoms with E-state index < -0.39 is 12.0 Å². The number of amides is 2. The molecule has 5 nitrogen and oxygen atoms in total. The topological polar surface area (TPSA) is 63.7 Å². The van der Waals surface area contributed by atoms with Crippen molar-refractivity contribution in [3.8, 4) is 5.75 Å². The maximum atomic E-state index is 13.7. The Morgan fingerprint density at radius 3 is 2.12 bits per heavy atom. The van der Waals surface area contributed by atoms with Gasteiger partial charge in [0.1, 0.15) is 11.8 Å². The highest BCUT2D eigenvalue weighted by atomic mass is 35.5. The first-order valence-electron chi connectivity index (χ1n) is 11.9. The number of halogens is 1. The Kier molecular flexibility index (Phi) is 4.96. The van der Waals surface area contributed by atoms with Crippen LogP contribution in [0, 0.1) is 49.4 Å². The highest BCUT2D eigenvalue weighted by molar-refractivity contribution is 6.32. The number of carbonyl (C=O) groups is 3. The van der Waals surface area contributed by atoms with E-state index in [0.717, 1.165) is 23.1 Å². The summed E-state index contributed by atoms with van der Waals surface area (Å²) in [5.41, 5.74) is 2.46. The molecular weight excluding hydrogens is 450 g/mol. The number of benzene rings is 2. The molecule has 6 heteroatoms. The van der Waals surface area contributed by atoms with E-state index in [1.54, 1.807) is 12.1 Å². The van der Waals surface area contributed by atoms with Crippen molar-refractivity contribution in [2.45, 2.75) is 32.7 Å². The van der Waals surface area contributed by atoms with E-state index in [4.69, 9.17) is 16.3 Å². The van der Waals surface area contributed by atoms with Crippen molar-refractivity contribution in [2.75, 3.05) is 0 Å². The summed E-state index contributed by atoms with van der Waals surface area (Å²) in [6.07, 6.45) is 5.59. The van der Waals surface area contributed by atoms with Gasteiger partial charge < -0.3 is 4.74 Å². The number of esters is 1. The standard InChI is InChI=1S/C28H26ClNO4/c1-14-10-17(11-15(2)25(14)29)34-28(33)22(12-16-6-4-3-5-7-16)30-26(31)23-18-8-9-19(21-13-20(18)21)24(23)27(30)32/h3-11,18-24H,12-13H2,1-2H3. The number of carbonyl (C=O) groups excluding carboxylic acids is 3. The lowest BCUT2D eigenvalue weighted by Gasteiger charge is -2.37.